The van der Waals surface area contributed by atoms with Crippen LogP contribution < -0.4 is 10.9 Å². The summed E-state index contributed by atoms with van der Waals surface area (Å²) < 4.78 is 22.9. The van der Waals surface area contributed by atoms with Crippen LogP contribution >= 0.6 is 0 Å². The molecule has 3 N–H and O–H groups in total. The molecular formula is C33H41N5O4S. The van der Waals surface area contributed by atoms with Gasteiger partial charge in [0.2, 0.25) is 0 Å². The lowest BCUT2D eigenvalue weighted by molar-refractivity contribution is -0.136. The second-order valence-corrected chi connectivity index (χ2v) is 14.7. The average Bonchev–Trinajstić information content (AvgIpc) is 3.49. The van der Waals surface area contributed by atoms with Crippen LogP contribution in [0.5, 0.6) is 0 Å². The number of carbonyl (C=O) groups excluding carboxylic acids is 1. The minimum absolute atomic E-state index is 0.00438. The minimum Gasteiger partial charge on any atom is -0.387 e. The summed E-state index contributed by atoms with van der Waals surface area (Å²) in [7, 11) is -3.17. The molecule has 2 amide bonds. The number of piperazine rings is 1. The van der Waals surface area contributed by atoms with Crippen LogP contribution in [0.4, 0.5) is 4.79 Å². The topological polar surface area (TPSA) is 119 Å². The van der Waals surface area contributed by atoms with Crippen molar-refractivity contribution in [1.82, 2.24) is 19.7 Å². The summed E-state index contributed by atoms with van der Waals surface area (Å²) >= 11 is 0. The molecule has 1 aliphatic carbocycles. The minimum atomic E-state index is -3.17. The van der Waals surface area contributed by atoms with Gasteiger partial charge in [-0.05, 0) is 30.4 Å². The van der Waals surface area contributed by atoms with Gasteiger partial charge in [-0.25, -0.2) is 13.8 Å². The molecule has 2 saturated heterocycles. The van der Waals surface area contributed by atoms with Crippen molar-refractivity contribution in [3.63, 3.8) is 0 Å². The molecule has 2 unspecified atom stereocenters. The molecule has 3 aliphatic rings. The summed E-state index contributed by atoms with van der Waals surface area (Å²) in [6.07, 6.45) is 6.65. The molecule has 0 bridgehead atoms. The first-order valence-corrected chi connectivity index (χ1v) is 17.1. The zero-order chi connectivity index (χ0) is 30.2. The van der Waals surface area contributed by atoms with Crippen LogP contribution in [0.2, 0.25) is 0 Å². The molecule has 1 spiro atoms. The first kappa shape index (κ1) is 29.6. The highest BCUT2D eigenvalue weighted by Gasteiger charge is 2.56. The van der Waals surface area contributed by atoms with Gasteiger partial charge in [-0.15, -0.1) is 0 Å². The van der Waals surface area contributed by atoms with Crippen LogP contribution in [0.3, 0.4) is 0 Å². The highest BCUT2D eigenvalue weighted by Crippen LogP contribution is 2.52. The summed E-state index contributed by atoms with van der Waals surface area (Å²) in [5.74, 6) is 0. The van der Waals surface area contributed by atoms with Gasteiger partial charge in [0, 0.05) is 62.2 Å². The van der Waals surface area contributed by atoms with Crippen molar-refractivity contribution < 1.29 is 14.1 Å². The number of urea groups is 1. The molecule has 228 valence electrons. The zero-order valence-corrected chi connectivity index (χ0v) is 25.5. The summed E-state index contributed by atoms with van der Waals surface area (Å²) in [6.45, 7) is 2.89. The van der Waals surface area contributed by atoms with Crippen molar-refractivity contribution in [2.45, 2.75) is 55.2 Å². The number of carbonyl (C=O) groups is 1. The number of aromatic nitrogens is 1. The molecule has 6 rings (SSSR count). The van der Waals surface area contributed by atoms with E-state index in [1.165, 1.54) is 23.1 Å². The van der Waals surface area contributed by atoms with Crippen LogP contribution in [0.15, 0.2) is 82.6 Å². The number of amides is 2. The SMILES string of the molecule is CS(=N)(=O)c1cn(CC2(O)CCN(C(=O)N3CCNC[C@H]3c3ccccc3)CC23CCCC3)c(=O)cc1-c1ccccc1. The lowest BCUT2D eigenvalue weighted by Crippen LogP contribution is -2.64. The standard InChI is InChI=1S/C33H41N5O4S/c1-43(34,42)29-22-37(30(39)20-27(29)25-10-4-2-5-11-25)24-33(41)16-18-36(23-32(33)14-8-9-15-32)31(40)38-19-17-35-21-28(38)26-12-6-3-7-13-26/h2-7,10-13,20,22,28,34-35,41H,8-9,14-19,21,23-24H2,1H3/t28-,33?,43?/m0/s1. The first-order valence-electron chi connectivity index (χ1n) is 15.2. The predicted molar refractivity (Wildman–Crippen MR) is 167 cm³/mol. The molecule has 43 heavy (non-hydrogen) atoms. The molecule has 3 aromatic rings. The van der Waals surface area contributed by atoms with Gasteiger partial charge in [0.1, 0.15) is 0 Å². The fraction of sp³-hybridized carbons (Fsp3) is 0.455. The lowest BCUT2D eigenvalue weighted by atomic mass is 9.66. The Morgan fingerprint density at radius 1 is 1.05 bits per heavy atom. The lowest BCUT2D eigenvalue weighted by Gasteiger charge is -2.53. The maximum absolute atomic E-state index is 14.1. The fourth-order valence-electron chi connectivity index (χ4n) is 7.46. The van der Waals surface area contributed by atoms with E-state index in [2.05, 4.69) is 17.4 Å². The number of pyridine rings is 1. The number of hydrogen-bond acceptors (Lipinski definition) is 6. The van der Waals surface area contributed by atoms with E-state index in [1.807, 2.05) is 58.3 Å². The van der Waals surface area contributed by atoms with Gasteiger partial charge in [-0.2, -0.15) is 0 Å². The predicted octanol–water partition coefficient (Wildman–Crippen LogP) is 4.31. The molecule has 1 saturated carbocycles. The Hall–Kier alpha value is -3.47. The maximum Gasteiger partial charge on any atom is 0.320 e. The monoisotopic (exact) mass is 603 g/mol. The molecule has 2 aliphatic heterocycles. The summed E-state index contributed by atoms with van der Waals surface area (Å²) in [4.78, 5) is 31.7. The van der Waals surface area contributed by atoms with E-state index in [4.69, 9.17) is 4.78 Å². The number of aliphatic hydroxyl groups is 1. The van der Waals surface area contributed by atoms with Crippen molar-refractivity contribution in [2.75, 3.05) is 39.0 Å². The molecule has 3 atom stereocenters. The molecule has 9 nitrogen and oxygen atoms in total. The Bertz CT molecular complexity index is 1640. The quantitative estimate of drug-likeness (QED) is 0.402. The number of rotatable bonds is 5. The highest BCUT2D eigenvalue weighted by atomic mass is 32.2. The van der Waals surface area contributed by atoms with Gasteiger partial charge in [0.25, 0.3) is 5.56 Å². The van der Waals surface area contributed by atoms with Crippen molar-refractivity contribution >= 4 is 15.8 Å². The average molecular weight is 604 g/mol. The maximum atomic E-state index is 14.1. The zero-order valence-electron chi connectivity index (χ0n) is 24.7. The second kappa shape index (κ2) is 11.6. The fourth-order valence-corrected chi connectivity index (χ4v) is 8.39. The van der Waals surface area contributed by atoms with Crippen LogP contribution in [0, 0.1) is 10.2 Å². The molecule has 0 radical (unpaired) electrons. The van der Waals surface area contributed by atoms with E-state index < -0.39 is 20.7 Å². The first-order chi connectivity index (χ1) is 20.6. The molecular weight excluding hydrogens is 562 g/mol. The number of nitrogens with zero attached hydrogens (tertiary/aromatic N) is 3. The van der Waals surface area contributed by atoms with Crippen LogP contribution in [-0.4, -0.2) is 74.3 Å². The van der Waals surface area contributed by atoms with E-state index in [0.717, 1.165) is 43.4 Å². The van der Waals surface area contributed by atoms with E-state index in [9.17, 15) is 18.9 Å². The number of piperidine rings is 1. The van der Waals surface area contributed by atoms with Crippen LogP contribution in [0.25, 0.3) is 11.1 Å². The van der Waals surface area contributed by atoms with Gasteiger partial charge < -0.3 is 24.8 Å². The third-order valence-corrected chi connectivity index (χ3v) is 11.0. The van der Waals surface area contributed by atoms with E-state index in [-0.39, 0.29) is 29.1 Å². The largest absolute Gasteiger partial charge is 0.387 e. The Morgan fingerprint density at radius 2 is 1.72 bits per heavy atom. The third-order valence-electron chi connectivity index (χ3n) is 9.81. The van der Waals surface area contributed by atoms with Gasteiger partial charge in [-0.3, -0.25) is 4.79 Å². The molecule has 1 aromatic heterocycles. The van der Waals surface area contributed by atoms with Crippen molar-refractivity contribution in [2.24, 2.45) is 5.41 Å². The van der Waals surface area contributed by atoms with Crippen LogP contribution in [0.1, 0.15) is 43.7 Å². The summed E-state index contributed by atoms with van der Waals surface area (Å²) in [6, 6.07) is 20.7. The van der Waals surface area contributed by atoms with Gasteiger partial charge in [-0.1, -0.05) is 73.5 Å². The van der Waals surface area contributed by atoms with Gasteiger partial charge in [0.15, 0.2) is 0 Å². The second-order valence-electron chi connectivity index (χ2n) is 12.5. The number of hydrogen-bond donors (Lipinski definition) is 3. The van der Waals surface area contributed by atoms with Crippen LogP contribution in [-0.2, 0) is 16.3 Å². The number of benzene rings is 2. The van der Waals surface area contributed by atoms with Gasteiger partial charge in [0.05, 0.1) is 32.8 Å². The molecule has 2 aromatic carbocycles. The molecule has 3 fully saturated rings. The van der Waals surface area contributed by atoms with Crippen molar-refractivity contribution in [3.8, 4) is 11.1 Å². The molecule has 3 heterocycles. The van der Waals surface area contributed by atoms with Gasteiger partial charge >= 0.3 is 6.03 Å². The number of nitrogens with one attached hydrogen (secondary N) is 2. The van der Waals surface area contributed by atoms with Crippen molar-refractivity contribution in [1.29, 1.82) is 4.78 Å². The number of likely N-dealkylation sites (tertiary alicyclic amines) is 1. The summed E-state index contributed by atoms with van der Waals surface area (Å²) in [5, 5.41) is 15.8. The smallest absolute Gasteiger partial charge is 0.320 e. The van der Waals surface area contributed by atoms with Crippen molar-refractivity contribution in [3.05, 3.63) is 88.8 Å². The van der Waals surface area contributed by atoms with E-state index in [0.29, 0.717) is 38.2 Å². The Balaban J connectivity index is 1.29. The Labute approximate surface area is 253 Å². The van der Waals surface area contributed by atoms with E-state index in [1.54, 1.807) is 0 Å². The third kappa shape index (κ3) is 5.63. The Kier molecular flexibility index (Phi) is 7.95. The molecule has 10 heteroatoms. The van der Waals surface area contributed by atoms with E-state index >= 15 is 0 Å². The Morgan fingerprint density at radius 3 is 2.40 bits per heavy atom. The summed E-state index contributed by atoms with van der Waals surface area (Å²) in [5.41, 5.74) is 0.221. The highest BCUT2D eigenvalue weighted by molar-refractivity contribution is 7.91. The normalized spacial score (nSPS) is 25.0.